The number of hydrogen-bond donors (Lipinski definition) is 2. The third kappa shape index (κ3) is 2.52. The summed E-state index contributed by atoms with van der Waals surface area (Å²) in [6.07, 6.45) is -3.71. The fourth-order valence-electron chi connectivity index (χ4n) is 1.53. The van der Waals surface area contributed by atoms with E-state index in [0.717, 1.165) is 5.38 Å². The van der Waals surface area contributed by atoms with Crippen LogP contribution in [0.4, 0.5) is 17.6 Å². The Morgan fingerprint density at radius 2 is 1.91 bits per heavy atom. The van der Waals surface area contributed by atoms with Crippen molar-refractivity contribution in [3.05, 3.63) is 28.5 Å². The summed E-state index contributed by atoms with van der Waals surface area (Å²) in [5, 5.41) is 21.3. The Balaban J connectivity index is 2.66. The molecule has 2 aromatic heterocycles. The number of carboxylic acids is 2. The first kappa shape index (κ1) is 15.9. The number of rotatable bonds is 5. The number of halogens is 4. The third-order valence-electron chi connectivity index (χ3n) is 2.48. The number of alkyl halides is 4. The first-order chi connectivity index (χ1) is 10.2. The van der Waals surface area contributed by atoms with Crippen molar-refractivity contribution in [1.29, 1.82) is 0 Å². The topological polar surface area (TPSA) is 105 Å². The summed E-state index contributed by atoms with van der Waals surface area (Å²) in [6.45, 7) is 0. The molecule has 2 rings (SSSR count). The molecule has 0 unspecified atom stereocenters. The van der Waals surface area contributed by atoms with E-state index in [0.29, 0.717) is 17.5 Å². The second kappa shape index (κ2) is 5.36. The predicted molar refractivity (Wildman–Crippen MR) is 63.1 cm³/mol. The molecule has 22 heavy (non-hydrogen) atoms. The first-order valence-corrected chi connectivity index (χ1v) is 6.21. The second-order valence-corrected chi connectivity index (χ2v) is 4.70. The van der Waals surface area contributed by atoms with Crippen LogP contribution in [0.15, 0.2) is 11.6 Å². The standard InChI is InChI=1S/C10H5F4N3O4S/c11-8(12)10(13,14)5-3(6(18)19)1-15-17(5)9-16-4(2-22-9)7(20)21/h1-2,8H,(H,18,19)(H,20,21). The van der Waals surface area contributed by atoms with Crippen LogP contribution in [0.25, 0.3) is 5.13 Å². The number of aromatic carboxylic acids is 2. The smallest absolute Gasteiger partial charge is 0.355 e. The SMILES string of the molecule is O=C(O)c1csc(-n2ncc(C(=O)O)c2C(F)(F)C(F)F)n1. The third-order valence-corrected chi connectivity index (χ3v) is 3.30. The average molecular weight is 339 g/mol. The fraction of sp³-hybridized carbons (Fsp3) is 0.200. The van der Waals surface area contributed by atoms with E-state index in [1.165, 1.54) is 0 Å². The van der Waals surface area contributed by atoms with Gasteiger partial charge in [-0.25, -0.2) is 28.0 Å². The molecular weight excluding hydrogens is 334 g/mol. The molecule has 0 fully saturated rings. The summed E-state index contributed by atoms with van der Waals surface area (Å²) < 4.78 is 52.6. The number of thiazole rings is 1. The highest BCUT2D eigenvalue weighted by Gasteiger charge is 2.49. The molecule has 0 aliphatic rings. The van der Waals surface area contributed by atoms with E-state index in [9.17, 15) is 27.2 Å². The van der Waals surface area contributed by atoms with Crippen molar-refractivity contribution in [2.24, 2.45) is 0 Å². The van der Waals surface area contributed by atoms with E-state index in [1.54, 1.807) is 0 Å². The zero-order valence-corrected chi connectivity index (χ0v) is 11.0. The van der Waals surface area contributed by atoms with E-state index >= 15 is 0 Å². The van der Waals surface area contributed by atoms with Crippen LogP contribution in [-0.2, 0) is 5.92 Å². The van der Waals surface area contributed by atoms with Gasteiger partial charge in [-0.15, -0.1) is 11.3 Å². The molecule has 0 atom stereocenters. The minimum absolute atomic E-state index is 0.201. The van der Waals surface area contributed by atoms with Crippen LogP contribution >= 0.6 is 11.3 Å². The Bertz CT molecular complexity index is 742. The molecular formula is C10H5F4N3O4S. The minimum atomic E-state index is -4.81. The van der Waals surface area contributed by atoms with Crippen molar-refractivity contribution in [3.8, 4) is 5.13 Å². The van der Waals surface area contributed by atoms with E-state index in [-0.39, 0.29) is 4.68 Å². The highest BCUT2D eigenvalue weighted by Crippen LogP contribution is 2.38. The van der Waals surface area contributed by atoms with E-state index in [4.69, 9.17) is 10.2 Å². The van der Waals surface area contributed by atoms with Gasteiger partial charge in [0, 0.05) is 5.38 Å². The van der Waals surface area contributed by atoms with Gasteiger partial charge >= 0.3 is 24.3 Å². The van der Waals surface area contributed by atoms with Gasteiger partial charge in [0.15, 0.2) is 5.69 Å². The van der Waals surface area contributed by atoms with Crippen LogP contribution < -0.4 is 0 Å². The Kier molecular flexibility index (Phi) is 3.87. The van der Waals surface area contributed by atoms with Crippen molar-refractivity contribution in [2.45, 2.75) is 12.3 Å². The van der Waals surface area contributed by atoms with E-state index in [2.05, 4.69) is 10.1 Å². The number of nitrogens with zero attached hydrogens (tertiary/aromatic N) is 3. The molecule has 118 valence electrons. The van der Waals surface area contributed by atoms with Gasteiger partial charge in [-0.3, -0.25) is 0 Å². The highest BCUT2D eigenvalue weighted by molar-refractivity contribution is 7.12. The molecule has 0 aromatic carbocycles. The number of carbonyl (C=O) groups is 2. The molecule has 0 aliphatic heterocycles. The van der Waals surface area contributed by atoms with Gasteiger partial charge in [-0.1, -0.05) is 0 Å². The molecule has 0 amide bonds. The van der Waals surface area contributed by atoms with Crippen molar-refractivity contribution in [3.63, 3.8) is 0 Å². The van der Waals surface area contributed by atoms with Gasteiger partial charge in [0.25, 0.3) is 0 Å². The molecule has 0 radical (unpaired) electrons. The first-order valence-electron chi connectivity index (χ1n) is 5.33. The zero-order valence-electron chi connectivity index (χ0n) is 10.2. The van der Waals surface area contributed by atoms with Crippen LogP contribution in [0.2, 0.25) is 0 Å². The van der Waals surface area contributed by atoms with Crippen LogP contribution in [0, 0.1) is 0 Å². The van der Waals surface area contributed by atoms with E-state index in [1.807, 2.05) is 0 Å². The minimum Gasteiger partial charge on any atom is -0.478 e. The largest absolute Gasteiger partial charge is 0.478 e. The predicted octanol–water partition coefficient (Wildman–Crippen LogP) is 2.08. The van der Waals surface area contributed by atoms with Crippen LogP contribution in [-0.4, -0.2) is 43.3 Å². The van der Waals surface area contributed by atoms with Gasteiger partial charge in [-0.2, -0.15) is 13.9 Å². The zero-order chi connectivity index (χ0) is 16.7. The van der Waals surface area contributed by atoms with Crippen molar-refractivity contribution in [1.82, 2.24) is 14.8 Å². The average Bonchev–Trinajstić information content (AvgIpc) is 3.05. The maximum atomic E-state index is 13.6. The maximum absolute atomic E-state index is 13.6. The second-order valence-electron chi connectivity index (χ2n) is 3.87. The van der Waals surface area contributed by atoms with Crippen LogP contribution in [0.3, 0.4) is 0 Å². The molecule has 0 saturated carbocycles. The van der Waals surface area contributed by atoms with Gasteiger partial charge in [0.1, 0.15) is 11.3 Å². The molecule has 2 aromatic rings. The Labute approximate surface area is 122 Å². The molecule has 0 spiro atoms. The molecule has 7 nitrogen and oxygen atoms in total. The quantitative estimate of drug-likeness (QED) is 0.808. The molecule has 0 saturated heterocycles. The lowest BCUT2D eigenvalue weighted by Crippen LogP contribution is -2.29. The molecule has 12 heteroatoms. The summed E-state index contributed by atoms with van der Waals surface area (Å²) >= 11 is 0.535. The number of hydrogen-bond acceptors (Lipinski definition) is 5. The number of aromatic nitrogens is 3. The lowest BCUT2D eigenvalue weighted by atomic mass is 10.1. The molecule has 2 heterocycles. The highest BCUT2D eigenvalue weighted by atomic mass is 32.1. The van der Waals surface area contributed by atoms with Gasteiger partial charge in [0.05, 0.1) is 6.20 Å². The monoisotopic (exact) mass is 339 g/mol. The van der Waals surface area contributed by atoms with Crippen LogP contribution in [0.5, 0.6) is 0 Å². The maximum Gasteiger partial charge on any atom is 0.355 e. The van der Waals surface area contributed by atoms with Crippen molar-refractivity contribution >= 4 is 23.3 Å². The number of carboxylic acid groups (broad SMARTS) is 2. The Hall–Kier alpha value is -2.50. The Morgan fingerprint density at radius 3 is 2.36 bits per heavy atom. The summed E-state index contributed by atoms with van der Waals surface area (Å²) in [5.74, 6) is -8.15. The van der Waals surface area contributed by atoms with Gasteiger partial charge in [-0.05, 0) is 0 Å². The summed E-state index contributed by atoms with van der Waals surface area (Å²) in [6, 6.07) is 0. The lowest BCUT2D eigenvalue weighted by Gasteiger charge is -2.16. The molecule has 0 aliphatic carbocycles. The summed E-state index contributed by atoms with van der Waals surface area (Å²) in [7, 11) is 0. The van der Waals surface area contributed by atoms with Crippen LogP contribution in [0.1, 0.15) is 26.5 Å². The normalized spacial score (nSPS) is 11.9. The fourth-order valence-corrected chi connectivity index (χ4v) is 2.29. The van der Waals surface area contributed by atoms with Crippen molar-refractivity contribution in [2.75, 3.05) is 0 Å². The van der Waals surface area contributed by atoms with Crippen molar-refractivity contribution < 1.29 is 37.4 Å². The van der Waals surface area contributed by atoms with E-state index < -0.39 is 46.4 Å². The summed E-state index contributed by atoms with van der Waals surface area (Å²) in [5.41, 5.74) is -3.21. The molecule has 2 N–H and O–H groups in total. The Morgan fingerprint density at radius 1 is 1.27 bits per heavy atom. The van der Waals surface area contributed by atoms with Gasteiger partial charge < -0.3 is 10.2 Å². The molecule has 0 bridgehead atoms. The lowest BCUT2D eigenvalue weighted by molar-refractivity contribution is -0.139. The van der Waals surface area contributed by atoms with Gasteiger partial charge in [0.2, 0.25) is 5.13 Å². The summed E-state index contributed by atoms with van der Waals surface area (Å²) in [4.78, 5) is 25.0.